The number of carbonyl (C=O) groups excluding carboxylic acids is 1. The number of hydrogen-bond acceptors (Lipinski definition) is 2. The molecule has 0 saturated carbocycles. The van der Waals surface area contributed by atoms with E-state index >= 15 is 0 Å². The molecule has 0 unspecified atom stereocenters. The molecule has 2 N–H and O–H groups in total. The minimum Gasteiger partial charge on any atom is -0.372 e. The number of amides is 1. The van der Waals surface area contributed by atoms with Gasteiger partial charge in [0.25, 0.3) is 0 Å². The summed E-state index contributed by atoms with van der Waals surface area (Å²) in [6.07, 6.45) is 0.250. The number of aryl methyl sites for hydroxylation is 2. The van der Waals surface area contributed by atoms with Crippen LogP contribution in [0.1, 0.15) is 5.69 Å². The predicted octanol–water partition coefficient (Wildman–Crippen LogP) is 0.983. The number of aromatic nitrogens is 2. The minimum atomic E-state index is 0.250. The van der Waals surface area contributed by atoms with E-state index in [1.54, 1.807) is 0 Å². The van der Waals surface area contributed by atoms with Gasteiger partial charge >= 0.3 is 0 Å². The van der Waals surface area contributed by atoms with Gasteiger partial charge in [0.15, 0.2) is 0 Å². The third kappa shape index (κ3) is 1.90. The number of primary amides is 1. The van der Waals surface area contributed by atoms with E-state index in [2.05, 4.69) is 23.0 Å². The first-order chi connectivity index (χ1) is 6.70. The lowest BCUT2D eigenvalue weighted by Crippen LogP contribution is -1.88. The maximum atomic E-state index is 8.58. The molecule has 74 valence electrons. The number of nitrogens with zero attached hydrogens (tertiary/aromatic N) is 2. The van der Waals surface area contributed by atoms with E-state index in [4.69, 9.17) is 4.79 Å². The molecule has 0 saturated heterocycles. The zero-order chi connectivity index (χ0) is 10.6. The van der Waals surface area contributed by atoms with Gasteiger partial charge in [0, 0.05) is 12.4 Å². The zero-order valence-corrected chi connectivity index (χ0v) is 8.27. The fourth-order valence-electron chi connectivity index (χ4n) is 1.39. The molecule has 0 spiro atoms. The number of hydrogen-bond donors (Lipinski definition) is 1. The van der Waals surface area contributed by atoms with Gasteiger partial charge < -0.3 is 5.73 Å². The molecule has 4 heteroatoms. The second-order valence-corrected chi connectivity index (χ2v) is 2.86. The summed E-state index contributed by atoms with van der Waals surface area (Å²) in [5, 5.41) is 5.55. The summed E-state index contributed by atoms with van der Waals surface area (Å²) >= 11 is 0. The van der Waals surface area contributed by atoms with Gasteiger partial charge in [0.05, 0.1) is 11.2 Å². The van der Waals surface area contributed by atoms with Gasteiger partial charge in [-0.3, -0.25) is 9.48 Å². The Balaban J connectivity index is 0.000000293. The molecule has 0 bridgehead atoms. The third-order valence-electron chi connectivity index (χ3n) is 1.94. The first kappa shape index (κ1) is 10.2. The van der Waals surface area contributed by atoms with Crippen molar-refractivity contribution in [2.24, 2.45) is 12.8 Å². The highest BCUT2D eigenvalue weighted by molar-refractivity contribution is 5.81. The Morgan fingerprint density at radius 1 is 1.43 bits per heavy atom. The molecule has 2 aromatic rings. The lowest BCUT2D eigenvalue weighted by molar-refractivity contribution is -0.106. The van der Waals surface area contributed by atoms with Crippen LogP contribution in [0.2, 0.25) is 0 Å². The van der Waals surface area contributed by atoms with Crippen molar-refractivity contribution in [3.63, 3.8) is 0 Å². The Hall–Kier alpha value is -1.84. The van der Waals surface area contributed by atoms with Crippen LogP contribution in [0.4, 0.5) is 0 Å². The van der Waals surface area contributed by atoms with Crippen molar-refractivity contribution in [2.45, 2.75) is 6.92 Å². The molecular weight excluding hydrogens is 178 g/mol. The molecule has 0 aliphatic carbocycles. The molecule has 0 atom stereocenters. The van der Waals surface area contributed by atoms with Crippen LogP contribution in [-0.2, 0) is 11.8 Å². The highest BCUT2D eigenvalue weighted by Gasteiger charge is 2.00. The minimum absolute atomic E-state index is 0.250. The second kappa shape index (κ2) is 4.41. The van der Waals surface area contributed by atoms with Crippen molar-refractivity contribution in [2.75, 3.05) is 0 Å². The Morgan fingerprint density at radius 2 is 2.00 bits per heavy atom. The Bertz CT molecular complexity index is 398. The molecule has 14 heavy (non-hydrogen) atoms. The van der Waals surface area contributed by atoms with E-state index in [0.717, 1.165) is 5.69 Å². The maximum absolute atomic E-state index is 8.58. The van der Waals surface area contributed by atoms with Crippen molar-refractivity contribution < 1.29 is 4.79 Å². The SMILES string of the molecule is Cc1nn(C)c2ccccc12.NC=O. The summed E-state index contributed by atoms with van der Waals surface area (Å²) < 4.78 is 1.91. The second-order valence-electron chi connectivity index (χ2n) is 2.86. The molecule has 1 amide bonds. The molecule has 0 fully saturated rings. The first-order valence-corrected chi connectivity index (χ1v) is 4.24. The molecule has 1 heterocycles. The van der Waals surface area contributed by atoms with E-state index in [1.807, 2.05) is 30.8 Å². The highest BCUT2D eigenvalue weighted by atomic mass is 16.1. The average molecular weight is 191 g/mol. The standard InChI is InChI=1S/C9H10N2.CH3NO/c1-7-8-5-3-4-6-9(8)11(2)10-7;2-1-3/h3-6H,1-2H3;1H,(H2,2,3). The van der Waals surface area contributed by atoms with Crippen molar-refractivity contribution in [3.8, 4) is 0 Å². The lowest BCUT2D eigenvalue weighted by atomic mass is 10.2. The fourth-order valence-corrected chi connectivity index (χ4v) is 1.39. The van der Waals surface area contributed by atoms with Crippen LogP contribution in [0.5, 0.6) is 0 Å². The van der Waals surface area contributed by atoms with Crippen molar-refractivity contribution in [1.82, 2.24) is 9.78 Å². The normalized spacial score (nSPS) is 9.29. The third-order valence-corrected chi connectivity index (χ3v) is 1.94. The number of nitrogens with two attached hydrogens (primary N) is 1. The molecule has 1 aromatic heterocycles. The average Bonchev–Trinajstić information content (AvgIpc) is 2.45. The van der Waals surface area contributed by atoms with Crippen LogP contribution in [0.15, 0.2) is 24.3 Å². The lowest BCUT2D eigenvalue weighted by Gasteiger charge is -1.90. The fraction of sp³-hybridized carbons (Fsp3) is 0.200. The zero-order valence-electron chi connectivity index (χ0n) is 8.27. The molecular formula is C10H13N3O. The van der Waals surface area contributed by atoms with Crippen LogP contribution >= 0.6 is 0 Å². The van der Waals surface area contributed by atoms with Crippen LogP contribution in [0, 0.1) is 6.92 Å². The monoisotopic (exact) mass is 191 g/mol. The number of fused-ring (bicyclic) bond motifs is 1. The van der Waals surface area contributed by atoms with E-state index in [9.17, 15) is 0 Å². The van der Waals surface area contributed by atoms with Crippen molar-refractivity contribution in [3.05, 3.63) is 30.0 Å². The van der Waals surface area contributed by atoms with E-state index < -0.39 is 0 Å². The molecule has 2 rings (SSSR count). The molecule has 1 aromatic carbocycles. The van der Waals surface area contributed by atoms with Gasteiger partial charge in [-0.1, -0.05) is 18.2 Å². The largest absolute Gasteiger partial charge is 0.372 e. The predicted molar refractivity (Wildman–Crippen MR) is 55.7 cm³/mol. The van der Waals surface area contributed by atoms with Gasteiger partial charge in [0.1, 0.15) is 0 Å². The van der Waals surface area contributed by atoms with Crippen LogP contribution in [0.25, 0.3) is 10.9 Å². The summed E-state index contributed by atoms with van der Waals surface area (Å²) in [6, 6.07) is 8.24. The summed E-state index contributed by atoms with van der Waals surface area (Å²) in [5.41, 5.74) is 6.47. The summed E-state index contributed by atoms with van der Waals surface area (Å²) in [5.74, 6) is 0. The number of carbonyl (C=O) groups is 1. The van der Waals surface area contributed by atoms with E-state index in [1.165, 1.54) is 10.9 Å². The molecule has 4 nitrogen and oxygen atoms in total. The van der Waals surface area contributed by atoms with Gasteiger partial charge in [-0.2, -0.15) is 5.10 Å². The molecule has 0 radical (unpaired) electrons. The smallest absolute Gasteiger partial charge is 0.204 e. The van der Waals surface area contributed by atoms with Crippen molar-refractivity contribution in [1.29, 1.82) is 0 Å². The van der Waals surface area contributed by atoms with Gasteiger partial charge in [-0.25, -0.2) is 0 Å². The maximum Gasteiger partial charge on any atom is 0.204 e. The topological polar surface area (TPSA) is 60.9 Å². The summed E-state index contributed by atoms with van der Waals surface area (Å²) in [6.45, 7) is 2.03. The van der Waals surface area contributed by atoms with Crippen molar-refractivity contribution >= 4 is 17.3 Å². The van der Waals surface area contributed by atoms with Crippen LogP contribution in [0.3, 0.4) is 0 Å². The van der Waals surface area contributed by atoms with E-state index in [0.29, 0.717) is 0 Å². The summed E-state index contributed by atoms with van der Waals surface area (Å²) in [4.78, 5) is 8.58. The number of benzene rings is 1. The Kier molecular flexibility index (Phi) is 3.23. The van der Waals surface area contributed by atoms with Gasteiger partial charge in [-0.15, -0.1) is 0 Å². The number of rotatable bonds is 0. The van der Waals surface area contributed by atoms with Gasteiger partial charge in [0.2, 0.25) is 6.41 Å². The van der Waals surface area contributed by atoms with Gasteiger partial charge in [-0.05, 0) is 13.0 Å². The summed E-state index contributed by atoms with van der Waals surface area (Å²) in [7, 11) is 1.97. The van der Waals surface area contributed by atoms with Crippen LogP contribution < -0.4 is 5.73 Å². The van der Waals surface area contributed by atoms with Crippen LogP contribution in [-0.4, -0.2) is 16.2 Å². The highest BCUT2D eigenvalue weighted by Crippen LogP contribution is 2.15. The Labute approximate surface area is 82.3 Å². The first-order valence-electron chi connectivity index (χ1n) is 4.24. The molecule has 0 aliphatic heterocycles. The molecule has 0 aliphatic rings. The quantitative estimate of drug-likeness (QED) is 0.631. The van der Waals surface area contributed by atoms with E-state index in [-0.39, 0.29) is 6.41 Å². The Morgan fingerprint density at radius 3 is 2.57 bits per heavy atom. The number of para-hydroxylation sites is 1.